The molecule has 7 heteroatoms. The smallest absolute Gasteiger partial charge is 0.253 e. The van der Waals surface area contributed by atoms with Crippen molar-refractivity contribution < 1.29 is 4.74 Å². The van der Waals surface area contributed by atoms with Crippen LogP contribution >= 0.6 is 12.2 Å². The van der Waals surface area contributed by atoms with Gasteiger partial charge in [0.1, 0.15) is 0 Å². The molecular formula is C24H36N4O2S. The zero-order chi connectivity index (χ0) is 22.2. The van der Waals surface area contributed by atoms with E-state index in [9.17, 15) is 4.79 Å². The van der Waals surface area contributed by atoms with Crippen LogP contribution in [-0.2, 0) is 17.7 Å². The molecule has 2 heterocycles. The lowest BCUT2D eigenvalue weighted by molar-refractivity contribution is 0.113. The number of aromatic amines is 1. The van der Waals surface area contributed by atoms with Crippen LogP contribution in [0.1, 0.15) is 44.7 Å². The number of hydrogen-bond donors (Lipinski definition) is 2. The SMILES string of the molecule is CCc1ccc2[nH]c(=O)c(CN(CCN(CC)CC)C(=S)NC[C@@H]3CCCO3)cc2c1. The van der Waals surface area contributed by atoms with Gasteiger partial charge in [0.2, 0.25) is 0 Å². The lowest BCUT2D eigenvalue weighted by Crippen LogP contribution is -2.46. The first kappa shape index (κ1) is 23.7. The van der Waals surface area contributed by atoms with Gasteiger partial charge in [0, 0.05) is 37.3 Å². The van der Waals surface area contributed by atoms with Crippen LogP contribution in [0, 0.1) is 0 Å². The normalized spacial score (nSPS) is 16.2. The van der Waals surface area contributed by atoms with Gasteiger partial charge in [-0.25, -0.2) is 0 Å². The number of fused-ring (bicyclic) bond motifs is 1. The molecule has 6 nitrogen and oxygen atoms in total. The Morgan fingerprint density at radius 2 is 2.03 bits per heavy atom. The maximum atomic E-state index is 12.8. The second-order valence-electron chi connectivity index (χ2n) is 8.17. The molecule has 2 aromatic rings. The van der Waals surface area contributed by atoms with Gasteiger partial charge in [0.25, 0.3) is 5.56 Å². The number of nitrogens with zero attached hydrogens (tertiary/aromatic N) is 2. The molecule has 0 aliphatic carbocycles. The van der Waals surface area contributed by atoms with Crippen LogP contribution in [0.15, 0.2) is 29.1 Å². The molecule has 3 rings (SSSR count). The fourth-order valence-electron chi connectivity index (χ4n) is 4.02. The van der Waals surface area contributed by atoms with Crippen molar-refractivity contribution in [3.8, 4) is 0 Å². The quantitative estimate of drug-likeness (QED) is 0.549. The largest absolute Gasteiger partial charge is 0.376 e. The molecule has 31 heavy (non-hydrogen) atoms. The number of likely N-dealkylation sites (N-methyl/N-ethyl adjacent to an activating group) is 1. The summed E-state index contributed by atoms with van der Waals surface area (Å²) in [6.45, 7) is 12.2. The van der Waals surface area contributed by atoms with Gasteiger partial charge in [-0.3, -0.25) is 4.79 Å². The van der Waals surface area contributed by atoms with E-state index in [-0.39, 0.29) is 11.7 Å². The van der Waals surface area contributed by atoms with Crippen molar-refractivity contribution in [1.82, 2.24) is 20.1 Å². The maximum Gasteiger partial charge on any atom is 0.253 e. The van der Waals surface area contributed by atoms with E-state index in [4.69, 9.17) is 17.0 Å². The Hall–Kier alpha value is -1.96. The zero-order valence-corrected chi connectivity index (χ0v) is 19.9. The van der Waals surface area contributed by atoms with E-state index < -0.39 is 0 Å². The van der Waals surface area contributed by atoms with Crippen molar-refractivity contribution in [3.63, 3.8) is 0 Å². The van der Waals surface area contributed by atoms with E-state index in [1.165, 1.54) is 5.56 Å². The molecule has 0 amide bonds. The highest BCUT2D eigenvalue weighted by atomic mass is 32.1. The molecule has 0 saturated carbocycles. The Balaban J connectivity index is 1.77. The van der Waals surface area contributed by atoms with E-state index in [1.54, 1.807) is 0 Å². The minimum atomic E-state index is -0.0495. The minimum absolute atomic E-state index is 0.0495. The molecule has 0 spiro atoms. The Morgan fingerprint density at radius 1 is 1.23 bits per heavy atom. The fraction of sp³-hybridized carbons (Fsp3) is 0.583. The highest BCUT2D eigenvalue weighted by Crippen LogP contribution is 2.16. The lowest BCUT2D eigenvalue weighted by atomic mass is 10.1. The number of ether oxygens (including phenoxy) is 1. The molecular weight excluding hydrogens is 408 g/mol. The van der Waals surface area contributed by atoms with Gasteiger partial charge >= 0.3 is 0 Å². The van der Waals surface area contributed by atoms with Crippen LogP contribution in [0.3, 0.4) is 0 Å². The summed E-state index contributed by atoms with van der Waals surface area (Å²) < 4.78 is 5.72. The summed E-state index contributed by atoms with van der Waals surface area (Å²) in [7, 11) is 0. The van der Waals surface area contributed by atoms with Crippen LogP contribution in [0.25, 0.3) is 10.9 Å². The van der Waals surface area contributed by atoms with Crippen LogP contribution < -0.4 is 10.9 Å². The van der Waals surface area contributed by atoms with Crippen molar-refractivity contribution in [3.05, 3.63) is 45.7 Å². The van der Waals surface area contributed by atoms with Crippen molar-refractivity contribution in [1.29, 1.82) is 0 Å². The number of nitrogens with one attached hydrogen (secondary N) is 2. The van der Waals surface area contributed by atoms with Gasteiger partial charge in [0.05, 0.1) is 12.6 Å². The summed E-state index contributed by atoms with van der Waals surface area (Å²) in [5.74, 6) is 0. The minimum Gasteiger partial charge on any atom is -0.376 e. The molecule has 1 aromatic heterocycles. The lowest BCUT2D eigenvalue weighted by Gasteiger charge is -2.29. The third kappa shape index (κ3) is 6.51. The van der Waals surface area contributed by atoms with E-state index in [0.717, 1.165) is 68.5 Å². The maximum absolute atomic E-state index is 12.8. The van der Waals surface area contributed by atoms with Gasteiger partial charge in [-0.05, 0) is 73.7 Å². The summed E-state index contributed by atoms with van der Waals surface area (Å²) in [6, 6.07) is 8.23. The first-order chi connectivity index (χ1) is 15.0. The average molecular weight is 445 g/mol. The highest BCUT2D eigenvalue weighted by Gasteiger charge is 2.18. The van der Waals surface area contributed by atoms with Gasteiger partial charge in [0.15, 0.2) is 5.11 Å². The molecule has 0 unspecified atom stereocenters. The number of aryl methyl sites for hydroxylation is 1. The fourth-order valence-corrected chi connectivity index (χ4v) is 4.26. The van der Waals surface area contributed by atoms with E-state index in [2.05, 4.69) is 53.0 Å². The summed E-state index contributed by atoms with van der Waals surface area (Å²) in [5, 5.41) is 5.13. The standard InChI is InChI=1S/C24H36N4O2S/c1-4-18-9-10-22-19(14-18)15-20(23(29)26-22)17-28(12-11-27(5-2)6-3)24(31)25-16-21-8-7-13-30-21/h9-10,14-15,21H,4-8,11-13,16-17H2,1-3H3,(H,25,31)(H,26,29)/t21-/m0/s1. The van der Waals surface area contributed by atoms with Crippen LogP contribution in [-0.4, -0.2) is 65.3 Å². The predicted molar refractivity (Wildman–Crippen MR) is 132 cm³/mol. The Bertz CT molecular complexity index is 919. The van der Waals surface area contributed by atoms with Crippen molar-refractivity contribution >= 4 is 28.2 Å². The van der Waals surface area contributed by atoms with Gasteiger partial charge in [-0.15, -0.1) is 0 Å². The van der Waals surface area contributed by atoms with Gasteiger partial charge in [-0.2, -0.15) is 0 Å². The van der Waals surface area contributed by atoms with Crippen LogP contribution in [0.2, 0.25) is 0 Å². The zero-order valence-electron chi connectivity index (χ0n) is 19.1. The van der Waals surface area contributed by atoms with Crippen molar-refractivity contribution in [2.45, 2.75) is 52.7 Å². The number of thiocarbonyl (C=S) groups is 1. The summed E-state index contributed by atoms with van der Waals surface area (Å²) in [4.78, 5) is 20.3. The first-order valence-corrected chi connectivity index (χ1v) is 12.0. The van der Waals surface area contributed by atoms with Crippen molar-refractivity contribution in [2.75, 3.05) is 39.3 Å². The highest BCUT2D eigenvalue weighted by molar-refractivity contribution is 7.80. The molecule has 1 aromatic carbocycles. The molecule has 1 aliphatic rings. The first-order valence-electron chi connectivity index (χ1n) is 11.6. The summed E-state index contributed by atoms with van der Waals surface area (Å²) in [5.41, 5.74) is 2.82. The third-order valence-electron chi connectivity index (χ3n) is 6.13. The molecule has 1 saturated heterocycles. The molecule has 170 valence electrons. The molecule has 1 aliphatic heterocycles. The van der Waals surface area contributed by atoms with E-state index in [0.29, 0.717) is 18.2 Å². The monoisotopic (exact) mass is 444 g/mol. The van der Waals surface area contributed by atoms with Crippen LogP contribution in [0.4, 0.5) is 0 Å². The summed E-state index contributed by atoms with van der Waals surface area (Å²) >= 11 is 5.74. The third-order valence-corrected chi connectivity index (χ3v) is 6.53. The van der Waals surface area contributed by atoms with Gasteiger partial charge in [-0.1, -0.05) is 26.8 Å². The molecule has 1 atom stereocenters. The number of aromatic nitrogens is 1. The van der Waals surface area contributed by atoms with Crippen LogP contribution in [0.5, 0.6) is 0 Å². The molecule has 0 bridgehead atoms. The average Bonchev–Trinajstić information content (AvgIpc) is 3.31. The number of pyridine rings is 1. The number of rotatable bonds is 10. The second-order valence-corrected chi connectivity index (χ2v) is 8.56. The summed E-state index contributed by atoms with van der Waals surface area (Å²) in [6.07, 6.45) is 3.37. The number of benzene rings is 1. The second kappa shape index (κ2) is 11.6. The van der Waals surface area contributed by atoms with Crippen molar-refractivity contribution in [2.24, 2.45) is 0 Å². The van der Waals surface area contributed by atoms with E-state index in [1.807, 2.05) is 12.1 Å². The van der Waals surface area contributed by atoms with E-state index >= 15 is 0 Å². The Kier molecular flexibility index (Phi) is 8.87. The topological polar surface area (TPSA) is 60.6 Å². The Morgan fingerprint density at radius 3 is 2.71 bits per heavy atom. The number of H-pyrrole nitrogens is 1. The molecule has 2 N–H and O–H groups in total. The van der Waals surface area contributed by atoms with Gasteiger partial charge < -0.3 is 24.8 Å². The Labute approximate surface area is 191 Å². The number of hydrogen-bond acceptors (Lipinski definition) is 4. The molecule has 0 radical (unpaired) electrons. The molecule has 1 fully saturated rings. The predicted octanol–water partition coefficient (Wildman–Crippen LogP) is 3.29.